The Labute approximate surface area is 181 Å². The molecule has 156 valence electrons. The van der Waals surface area contributed by atoms with Gasteiger partial charge < -0.3 is 14.8 Å². The highest BCUT2D eigenvalue weighted by Crippen LogP contribution is 2.30. The number of aromatic nitrogens is 1. The highest BCUT2D eigenvalue weighted by atomic mass is 16.5. The quantitative estimate of drug-likeness (QED) is 0.475. The third-order valence-electron chi connectivity index (χ3n) is 5.36. The second kappa shape index (κ2) is 8.88. The maximum absolute atomic E-state index is 13.3. The van der Waals surface area contributed by atoms with E-state index in [-0.39, 0.29) is 5.91 Å². The van der Waals surface area contributed by atoms with E-state index in [0.29, 0.717) is 12.1 Å². The summed E-state index contributed by atoms with van der Waals surface area (Å²) in [6, 6.07) is 23.1. The first-order valence-corrected chi connectivity index (χ1v) is 10.1. The second-order valence-corrected chi connectivity index (χ2v) is 7.20. The molecule has 4 aromatic rings. The largest absolute Gasteiger partial charge is 0.497 e. The number of carbonyl (C=O) groups is 1. The first-order chi connectivity index (χ1) is 15.1. The van der Waals surface area contributed by atoms with Gasteiger partial charge in [0.05, 0.1) is 31.0 Å². The van der Waals surface area contributed by atoms with Gasteiger partial charge in [0.2, 0.25) is 0 Å². The van der Waals surface area contributed by atoms with Crippen LogP contribution in [0.15, 0.2) is 72.8 Å². The summed E-state index contributed by atoms with van der Waals surface area (Å²) in [5.74, 6) is 1.38. The number of amides is 1. The molecule has 0 saturated carbocycles. The molecule has 1 amide bonds. The van der Waals surface area contributed by atoms with Crippen molar-refractivity contribution in [3.05, 3.63) is 89.5 Å². The zero-order chi connectivity index (χ0) is 21.8. The lowest BCUT2D eigenvalue weighted by molar-refractivity contribution is 0.0951. The van der Waals surface area contributed by atoms with E-state index in [1.807, 2.05) is 79.7 Å². The lowest BCUT2D eigenvalue weighted by atomic mass is 9.97. The van der Waals surface area contributed by atoms with Crippen LogP contribution in [0.2, 0.25) is 0 Å². The number of hydrogen-bond donors (Lipinski definition) is 1. The van der Waals surface area contributed by atoms with Crippen molar-refractivity contribution in [1.82, 2.24) is 10.3 Å². The number of hydrogen-bond acceptors (Lipinski definition) is 4. The first kappa shape index (κ1) is 20.4. The normalized spacial score (nSPS) is 10.7. The monoisotopic (exact) mass is 412 g/mol. The van der Waals surface area contributed by atoms with E-state index in [0.717, 1.165) is 44.8 Å². The molecule has 0 saturated heterocycles. The Bertz CT molecular complexity index is 1230. The fraction of sp³-hybridized carbons (Fsp3) is 0.154. The van der Waals surface area contributed by atoms with Crippen LogP contribution in [-0.4, -0.2) is 25.1 Å². The van der Waals surface area contributed by atoms with Crippen molar-refractivity contribution in [2.75, 3.05) is 14.2 Å². The highest BCUT2D eigenvalue weighted by molar-refractivity contribution is 6.08. The second-order valence-electron chi connectivity index (χ2n) is 7.20. The highest BCUT2D eigenvalue weighted by Gasteiger charge is 2.19. The molecule has 0 aliphatic rings. The van der Waals surface area contributed by atoms with E-state index in [1.165, 1.54) is 0 Å². The zero-order valence-corrected chi connectivity index (χ0v) is 17.8. The van der Waals surface area contributed by atoms with E-state index in [9.17, 15) is 4.79 Å². The number of nitrogens with zero attached hydrogens (tertiary/aromatic N) is 1. The molecule has 0 aliphatic carbocycles. The molecule has 0 radical (unpaired) electrons. The van der Waals surface area contributed by atoms with Gasteiger partial charge in [0.1, 0.15) is 11.5 Å². The Morgan fingerprint density at radius 2 is 1.61 bits per heavy atom. The van der Waals surface area contributed by atoms with Crippen LogP contribution in [0.3, 0.4) is 0 Å². The summed E-state index contributed by atoms with van der Waals surface area (Å²) in [5, 5.41) is 3.88. The predicted molar refractivity (Wildman–Crippen MR) is 123 cm³/mol. The van der Waals surface area contributed by atoms with Crippen molar-refractivity contribution in [1.29, 1.82) is 0 Å². The SMILES string of the molecule is COc1ccc(-c2nc3ccccc3c(C(=O)NCc3ccccc3OC)c2C)cc1. The van der Waals surface area contributed by atoms with Crippen LogP contribution in [0.5, 0.6) is 11.5 Å². The van der Waals surface area contributed by atoms with E-state index < -0.39 is 0 Å². The number of benzene rings is 3. The number of para-hydroxylation sites is 2. The third-order valence-corrected chi connectivity index (χ3v) is 5.36. The van der Waals surface area contributed by atoms with Gasteiger partial charge in [0.25, 0.3) is 5.91 Å². The maximum atomic E-state index is 13.3. The molecule has 5 heteroatoms. The number of pyridine rings is 1. The summed E-state index contributed by atoms with van der Waals surface area (Å²) in [5.41, 5.74) is 4.88. The topological polar surface area (TPSA) is 60.5 Å². The van der Waals surface area contributed by atoms with Crippen molar-refractivity contribution < 1.29 is 14.3 Å². The number of methoxy groups -OCH3 is 2. The fourth-order valence-corrected chi connectivity index (χ4v) is 3.74. The molecule has 4 rings (SSSR count). The molecule has 31 heavy (non-hydrogen) atoms. The van der Waals surface area contributed by atoms with Crippen LogP contribution in [0.25, 0.3) is 22.2 Å². The Balaban J connectivity index is 1.75. The zero-order valence-electron chi connectivity index (χ0n) is 17.8. The number of ether oxygens (including phenoxy) is 2. The van der Waals surface area contributed by atoms with Crippen LogP contribution in [0.4, 0.5) is 0 Å². The van der Waals surface area contributed by atoms with Crippen LogP contribution in [0.1, 0.15) is 21.5 Å². The molecule has 0 unspecified atom stereocenters. The lowest BCUT2D eigenvalue weighted by Crippen LogP contribution is -2.24. The van der Waals surface area contributed by atoms with E-state index in [1.54, 1.807) is 14.2 Å². The summed E-state index contributed by atoms with van der Waals surface area (Å²) >= 11 is 0. The van der Waals surface area contributed by atoms with Crippen LogP contribution in [0, 0.1) is 6.92 Å². The summed E-state index contributed by atoms with van der Waals surface area (Å²) in [6.45, 7) is 2.31. The van der Waals surface area contributed by atoms with Crippen LogP contribution < -0.4 is 14.8 Å². The van der Waals surface area contributed by atoms with Crippen molar-refractivity contribution in [2.45, 2.75) is 13.5 Å². The number of fused-ring (bicyclic) bond motifs is 1. The molecule has 0 aliphatic heterocycles. The molecule has 1 heterocycles. The van der Waals surface area contributed by atoms with Gasteiger partial charge in [-0.2, -0.15) is 0 Å². The molecule has 0 fully saturated rings. The minimum Gasteiger partial charge on any atom is -0.497 e. The predicted octanol–water partition coefficient (Wildman–Crippen LogP) is 5.16. The van der Waals surface area contributed by atoms with E-state index in [2.05, 4.69) is 5.32 Å². The van der Waals surface area contributed by atoms with Crippen molar-refractivity contribution in [2.24, 2.45) is 0 Å². The van der Waals surface area contributed by atoms with Crippen molar-refractivity contribution in [3.63, 3.8) is 0 Å². The average Bonchev–Trinajstić information content (AvgIpc) is 2.82. The van der Waals surface area contributed by atoms with Gasteiger partial charge in [-0.1, -0.05) is 36.4 Å². The molecular formula is C26H24N2O3. The van der Waals surface area contributed by atoms with Crippen molar-refractivity contribution in [3.8, 4) is 22.8 Å². The summed E-state index contributed by atoms with van der Waals surface area (Å²) in [4.78, 5) is 18.2. The minimum absolute atomic E-state index is 0.142. The lowest BCUT2D eigenvalue weighted by Gasteiger charge is -2.15. The number of carbonyl (C=O) groups excluding carboxylic acids is 1. The number of rotatable bonds is 6. The van der Waals surface area contributed by atoms with Crippen molar-refractivity contribution >= 4 is 16.8 Å². The van der Waals surface area contributed by atoms with Gasteiger partial charge in [0.15, 0.2) is 0 Å². The average molecular weight is 412 g/mol. The smallest absolute Gasteiger partial charge is 0.252 e. The van der Waals surface area contributed by atoms with Gasteiger partial charge in [-0.05, 0) is 48.9 Å². The Kier molecular flexibility index (Phi) is 5.85. The van der Waals surface area contributed by atoms with Gasteiger partial charge in [-0.15, -0.1) is 0 Å². The molecule has 0 atom stereocenters. The Morgan fingerprint density at radius 3 is 2.35 bits per heavy atom. The molecule has 0 bridgehead atoms. The van der Waals surface area contributed by atoms with Gasteiger partial charge in [-0.25, -0.2) is 4.98 Å². The standard InChI is InChI=1S/C26H24N2O3/c1-17-24(26(29)27-16-19-8-4-7-11-23(19)31-3)21-9-5-6-10-22(21)28-25(17)18-12-14-20(30-2)15-13-18/h4-15H,16H2,1-3H3,(H,27,29). The Morgan fingerprint density at radius 1 is 0.903 bits per heavy atom. The molecule has 0 spiro atoms. The summed E-state index contributed by atoms with van der Waals surface area (Å²) < 4.78 is 10.7. The van der Waals surface area contributed by atoms with Crippen LogP contribution >= 0.6 is 0 Å². The first-order valence-electron chi connectivity index (χ1n) is 10.1. The van der Waals surface area contributed by atoms with Gasteiger partial charge in [-0.3, -0.25) is 4.79 Å². The molecular weight excluding hydrogens is 388 g/mol. The third kappa shape index (κ3) is 4.08. The minimum atomic E-state index is -0.142. The molecule has 5 nitrogen and oxygen atoms in total. The van der Waals surface area contributed by atoms with Gasteiger partial charge >= 0.3 is 0 Å². The maximum Gasteiger partial charge on any atom is 0.252 e. The molecule has 1 aromatic heterocycles. The number of nitrogens with one attached hydrogen (secondary N) is 1. The molecule has 3 aromatic carbocycles. The summed E-state index contributed by atoms with van der Waals surface area (Å²) in [7, 11) is 3.26. The fourth-order valence-electron chi connectivity index (χ4n) is 3.74. The Hall–Kier alpha value is -3.86. The molecule has 1 N–H and O–H groups in total. The van der Waals surface area contributed by atoms with E-state index in [4.69, 9.17) is 14.5 Å². The van der Waals surface area contributed by atoms with E-state index >= 15 is 0 Å². The van der Waals surface area contributed by atoms with Crippen LogP contribution in [-0.2, 0) is 6.54 Å². The summed E-state index contributed by atoms with van der Waals surface area (Å²) in [6.07, 6.45) is 0. The van der Waals surface area contributed by atoms with Gasteiger partial charge in [0, 0.05) is 23.1 Å².